The molecule has 4 nitrogen and oxygen atoms in total. The van der Waals surface area contributed by atoms with Gasteiger partial charge in [-0.25, -0.2) is 0 Å². The second-order valence-corrected chi connectivity index (χ2v) is 4.69. The molecule has 0 radical (unpaired) electrons. The van der Waals surface area contributed by atoms with Crippen molar-refractivity contribution >= 4 is 0 Å². The SMILES string of the molecule is COc1cccc(C(O)Cc2ccc(OC)c(OC)c2)c1. The fraction of sp³-hybridized carbons (Fsp3) is 0.294. The van der Waals surface area contributed by atoms with E-state index in [4.69, 9.17) is 14.2 Å². The maximum Gasteiger partial charge on any atom is 0.160 e. The summed E-state index contributed by atoms with van der Waals surface area (Å²) < 4.78 is 15.7. The molecular weight excluding hydrogens is 268 g/mol. The molecule has 0 saturated heterocycles. The second kappa shape index (κ2) is 6.99. The zero-order valence-corrected chi connectivity index (χ0v) is 12.5. The summed E-state index contributed by atoms with van der Waals surface area (Å²) in [5.74, 6) is 2.07. The summed E-state index contributed by atoms with van der Waals surface area (Å²) in [4.78, 5) is 0. The molecule has 0 aliphatic heterocycles. The molecule has 0 amide bonds. The van der Waals surface area contributed by atoms with E-state index in [2.05, 4.69) is 0 Å². The first kappa shape index (κ1) is 15.2. The van der Waals surface area contributed by atoms with Crippen LogP contribution in [0.4, 0.5) is 0 Å². The van der Waals surface area contributed by atoms with Gasteiger partial charge in [-0.15, -0.1) is 0 Å². The van der Waals surface area contributed by atoms with Gasteiger partial charge in [0.05, 0.1) is 27.4 Å². The van der Waals surface area contributed by atoms with Gasteiger partial charge in [-0.05, 0) is 35.4 Å². The van der Waals surface area contributed by atoms with E-state index in [0.29, 0.717) is 17.9 Å². The van der Waals surface area contributed by atoms with Crippen molar-refractivity contribution in [2.75, 3.05) is 21.3 Å². The number of aliphatic hydroxyl groups is 1. The Bertz CT molecular complexity index is 595. The van der Waals surface area contributed by atoms with Gasteiger partial charge < -0.3 is 19.3 Å². The molecule has 21 heavy (non-hydrogen) atoms. The molecule has 0 saturated carbocycles. The summed E-state index contributed by atoms with van der Waals surface area (Å²) in [6, 6.07) is 13.1. The van der Waals surface area contributed by atoms with E-state index in [1.807, 2.05) is 42.5 Å². The van der Waals surface area contributed by atoms with Crippen LogP contribution in [0.1, 0.15) is 17.2 Å². The maximum absolute atomic E-state index is 10.4. The quantitative estimate of drug-likeness (QED) is 0.887. The first-order valence-electron chi connectivity index (χ1n) is 6.71. The predicted molar refractivity (Wildman–Crippen MR) is 81.2 cm³/mol. The van der Waals surface area contributed by atoms with E-state index in [0.717, 1.165) is 16.9 Å². The number of rotatable bonds is 6. The third-order valence-corrected chi connectivity index (χ3v) is 3.36. The minimum Gasteiger partial charge on any atom is -0.497 e. The van der Waals surface area contributed by atoms with E-state index in [1.165, 1.54) is 0 Å². The monoisotopic (exact) mass is 288 g/mol. The van der Waals surface area contributed by atoms with Gasteiger partial charge >= 0.3 is 0 Å². The Morgan fingerprint density at radius 2 is 1.67 bits per heavy atom. The average molecular weight is 288 g/mol. The van der Waals surface area contributed by atoms with Crippen LogP contribution in [0.5, 0.6) is 17.2 Å². The fourth-order valence-corrected chi connectivity index (χ4v) is 2.20. The second-order valence-electron chi connectivity index (χ2n) is 4.69. The highest BCUT2D eigenvalue weighted by Gasteiger charge is 2.12. The van der Waals surface area contributed by atoms with Crippen molar-refractivity contribution in [1.82, 2.24) is 0 Å². The summed E-state index contributed by atoms with van der Waals surface area (Å²) in [6.45, 7) is 0. The lowest BCUT2D eigenvalue weighted by atomic mass is 10.0. The van der Waals surface area contributed by atoms with Crippen molar-refractivity contribution in [3.05, 3.63) is 53.6 Å². The summed E-state index contributed by atoms with van der Waals surface area (Å²) in [5.41, 5.74) is 1.80. The number of ether oxygens (including phenoxy) is 3. The summed E-state index contributed by atoms with van der Waals surface area (Å²) >= 11 is 0. The van der Waals surface area contributed by atoms with Gasteiger partial charge in [0.25, 0.3) is 0 Å². The molecule has 0 aromatic heterocycles. The summed E-state index contributed by atoms with van der Waals surface area (Å²) in [6.07, 6.45) is -0.105. The number of methoxy groups -OCH3 is 3. The highest BCUT2D eigenvalue weighted by Crippen LogP contribution is 2.30. The van der Waals surface area contributed by atoms with Crippen LogP contribution in [-0.2, 0) is 6.42 Å². The van der Waals surface area contributed by atoms with Crippen LogP contribution in [0.25, 0.3) is 0 Å². The molecule has 2 aromatic rings. The van der Waals surface area contributed by atoms with Gasteiger partial charge in [-0.3, -0.25) is 0 Å². The Hall–Kier alpha value is -2.20. The van der Waals surface area contributed by atoms with Gasteiger partial charge in [-0.2, -0.15) is 0 Å². The van der Waals surface area contributed by atoms with Crippen LogP contribution in [0, 0.1) is 0 Å². The zero-order valence-electron chi connectivity index (χ0n) is 12.5. The highest BCUT2D eigenvalue weighted by atomic mass is 16.5. The first-order valence-corrected chi connectivity index (χ1v) is 6.71. The molecule has 1 N–H and O–H groups in total. The van der Waals surface area contributed by atoms with Crippen LogP contribution < -0.4 is 14.2 Å². The van der Waals surface area contributed by atoms with E-state index in [9.17, 15) is 5.11 Å². The molecule has 2 aromatic carbocycles. The van der Waals surface area contributed by atoms with Gasteiger partial charge in [0, 0.05) is 6.42 Å². The normalized spacial score (nSPS) is 11.8. The van der Waals surface area contributed by atoms with Crippen molar-refractivity contribution in [3.8, 4) is 17.2 Å². The lowest BCUT2D eigenvalue weighted by Gasteiger charge is -2.14. The molecule has 4 heteroatoms. The van der Waals surface area contributed by atoms with Crippen molar-refractivity contribution in [1.29, 1.82) is 0 Å². The zero-order chi connectivity index (χ0) is 15.2. The lowest BCUT2D eigenvalue weighted by Crippen LogP contribution is -2.02. The smallest absolute Gasteiger partial charge is 0.160 e. The van der Waals surface area contributed by atoms with Crippen molar-refractivity contribution in [3.63, 3.8) is 0 Å². The van der Waals surface area contributed by atoms with E-state index in [1.54, 1.807) is 21.3 Å². The third-order valence-electron chi connectivity index (χ3n) is 3.36. The topological polar surface area (TPSA) is 47.9 Å². The summed E-state index contributed by atoms with van der Waals surface area (Å²) in [5, 5.41) is 10.4. The molecule has 0 heterocycles. The van der Waals surface area contributed by atoms with Gasteiger partial charge in [0.1, 0.15) is 5.75 Å². The molecule has 0 spiro atoms. The van der Waals surface area contributed by atoms with E-state index >= 15 is 0 Å². The van der Waals surface area contributed by atoms with Crippen molar-refractivity contribution in [2.45, 2.75) is 12.5 Å². The number of hydrogen-bond donors (Lipinski definition) is 1. The Balaban J connectivity index is 2.16. The molecule has 0 aliphatic rings. The number of aliphatic hydroxyl groups excluding tert-OH is 1. The van der Waals surface area contributed by atoms with Crippen LogP contribution in [0.2, 0.25) is 0 Å². The largest absolute Gasteiger partial charge is 0.497 e. The average Bonchev–Trinajstić information content (AvgIpc) is 2.54. The van der Waals surface area contributed by atoms with Crippen LogP contribution in [0.15, 0.2) is 42.5 Å². The number of benzene rings is 2. The van der Waals surface area contributed by atoms with Crippen molar-refractivity contribution < 1.29 is 19.3 Å². The van der Waals surface area contributed by atoms with Crippen LogP contribution >= 0.6 is 0 Å². The van der Waals surface area contributed by atoms with Crippen LogP contribution in [-0.4, -0.2) is 26.4 Å². The van der Waals surface area contributed by atoms with Gasteiger partial charge in [0.2, 0.25) is 0 Å². The van der Waals surface area contributed by atoms with Crippen LogP contribution in [0.3, 0.4) is 0 Å². The van der Waals surface area contributed by atoms with Gasteiger partial charge in [0.15, 0.2) is 11.5 Å². The predicted octanol–water partition coefficient (Wildman–Crippen LogP) is 2.99. The Kier molecular flexibility index (Phi) is 5.06. The maximum atomic E-state index is 10.4. The first-order chi connectivity index (χ1) is 10.2. The van der Waals surface area contributed by atoms with Crippen molar-refractivity contribution in [2.24, 2.45) is 0 Å². The minimum absolute atomic E-state index is 0.494. The minimum atomic E-state index is -0.599. The number of hydrogen-bond acceptors (Lipinski definition) is 4. The molecule has 0 fully saturated rings. The molecular formula is C17H20O4. The Morgan fingerprint density at radius 3 is 2.33 bits per heavy atom. The Labute approximate surface area is 124 Å². The highest BCUT2D eigenvalue weighted by molar-refractivity contribution is 5.43. The standard InChI is InChI=1S/C17H20O4/c1-19-14-6-4-5-13(11-14)15(18)9-12-7-8-16(20-2)17(10-12)21-3/h4-8,10-11,15,18H,9H2,1-3H3. The van der Waals surface area contributed by atoms with Gasteiger partial charge in [-0.1, -0.05) is 18.2 Å². The summed E-state index contributed by atoms with van der Waals surface area (Å²) in [7, 11) is 4.81. The lowest BCUT2D eigenvalue weighted by molar-refractivity contribution is 0.178. The Morgan fingerprint density at radius 1 is 0.905 bits per heavy atom. The molecule has 1 unspecified atom stereocenters. The third kappa shape index (κ3) is 3.67. The van der Waals surface area contributed by atoms with E-state index < -0.39 is 6.10 Å². The molecule has 1 atom stereocenters. The molecule has 0 aliphatic carbocycles. The van der Waals surface area contributed by atoms with E-state index in [-0.39, 0.29) is 0 Å². The molecule has 2 rings (SSSR count). The molecule has 112 valence electrons. The molecule has 0 bridgehead atoms. The fourth-order valence-electron chi connectivity index (χ4n) is 2.20.